The van der Waals surface area contributed by atoms with E-state index in [1.165, 1.54) is 4.90 Å². The smallest absolute Gasteiger partial charge is 0.326 e. The highest BCUT2D eigenvalue weighted by Crippen LogP contribution is 2.30. The van der Waals surface area contributed by atoms with Gasteiger partial charge in [0.15, 0.2) is 6.23 Å². The molecule has 2 fully saturated rings. The molecule has 2 aromatic carbocycles. The molecular formula is C24H28ClN3O4. The molecule has 7 nitrogen and oxygen atoms in total. The van der Waals surface area contributed by atoms with Gasteiger partial charge in [0.2, 0.25) is 12.1 Å². The summed E-state index contributed by atoms with van der Waals surface area (Å²) in [6.45, 7) is 0.656. The average molecular weight is 458 g/mol. The zero-order chi connectivity index (χ0) is 22.5. The number of hydrogen-bond acceptors (Lipinski definition) is 5. The summed E-state index contributed by atoms with van der Waals surface area (Å²) in [5, 5.41) is 14.0. The van der Waals surface area contributed by atoms with Crippen LogP contribution in [-0.4, -0.2) is 47.5 Å². The van der Waals surface area contributed by atoms with Gasteiger partial charge in [-0.25, -0.2) is 4.79 Å². The number of para-hydroxylation sites is 2. The molecule has 1 saturated heterocycles. The molecular weight excluding hydrogens is 430 g/mol. The molecule has 1 aliphatic heterocycles. The van der Waals surface area contributed by atoms with Gasteiger partial charge < -0.3 is 14.7 Å². The minimum Gasteiger partial charge on any atom is -0.464 e. The number of piperazine rings is 1. The third-order valence-electron chi connectivity index (χ3n) is 6.10. The number of hydrogen-bond donors (Lipinski definition) is 2. The van der Waals surface area contributed by atoms with Crippen molar-refractivity contribution in [2.75, 3.05) is 18.0 Å². The van der Waals surface area contributed by atoms with Crippen LogP contribution in [0.1, 0.15) is 32.1 Å². The molecule has 8 heteroatoms. The zero-order valence-corrected chi connectivity index (χ0v) is 18.6. The summed E-state index contributed by atoms with van der Waals surface area (Å²) >= 11 is 6.28. The first-order valence-electron chi connectivity index (χ1n) is 11.1. The molecule has 0 aromatic heterocycles. The van der Waals surface area contributed by atoms with Crippen LogP contribution in [0.3, 0.4) is 0 Å². The number of halogens is 1. The maximum absolute atomic E-state index is 12.9. The Morgan fingerprint density at radius 2 is 1.66 bits per heavy atom. The van der Waals surface area contributed by atoms with Crippen molar-refractivity contribution in [3.8, 4) is 5.75 Å². The van der Waals surface area contributed by atoms with E-state index in [1.54, 1.807) is 24.3 Å². The van der Waals surface area contributed by atoms with E-state index in [0.29, 0.717) is 17.3 Å². The summed E-state index contributed by atoms with van der Waals surface area (Å²) in [7, 11) is 0. The molecule has 1 saturated carbocycles. The topological polar surface area (TPSA) is 82.1 Å². The van der Waals surface area contributed by atoms with Gasteiger partial charge in [0.1, 0.15) is 5.75 Å². The van der Waals surface area contributed by atoms with Gasteiger partial charge in [-0.1, -0.05) is 61.2 Å². The second-order valence-electron chi connectivity index (χ2n) is 8.20. The highest BCUT2D eigenvalue weighted by atomic mass is 35.5. The van der Waals surface area contributed by atoms with Gasteiger partial charge in [-0.3, -0.25) is 15.0 Å². The van der Waals surface area contributed by atoms with Crippen molar-refractivity contribution in [2.24, 2.45) is 5.92 Å². The second-order valence-corrected chi connectivity index (χ2v) is 8.61. The molecule has 0 spiro atoms. The van der Waals surface area contributed by atoms with E-state index in [1.807, 2.05) is 35.2 Å². The molecule has 2 atom stereocenters. The van der Waals surface area contributed by atoms with Crippen LogP contribution in [0.4, 0.5) is 10.5 Å². The average Bonchev–Trinajstić information content (AvgIpc) is 2.82. The number of carbonyl (C=O) groups is 2. The molecule has 0 radical (unpaired) electrons. The molecule has 2 aromatic rings. The first-order valence-corrected chi connectivity index (χ1v) is 11.4. The molecule has 2 N–H and O–H groups in total. The Bertz CT molecular complexity index is 936. The van der Waals surface area contributed by atoms with E-state index in [0.717, 1.165) is 37.8 Å². The van der Waals surface area contributed by atoms with Gasteiger partial charge in [0, 0.05) is 24.7 Å². The number of nitrogens with one attached hydrogen (secondary N) is 1. The summed E-state index contributed by atoms with van der Waals surface area (Å²) in [6, 6.07) is 15.9. The number of imide groups is 1. The van der Waals surface area contributed by atoms with Crippen LogP contribution >= 0.6 is 11.6 Å². The Hall–Kier alpha value is -2.77. The van der Waals surface area contributed by atoms with Crippen molar-refractivity contribution in [3.63, 3.8) is 0 Å². The first-order chi connectivity index (χ1) is 15.5. The number of aliphatic hydroxyl groups is 1. The standard InChI is InChI=1S/C24H28ClN3O4/c25-19-13-7-8-14-20(19)32-23-22(30)28(16-15-27(23)18-11-5-2-6-12-18)24(31)26-21(29)17-9-3-1-4-10-17/h2,5-8,11-14,17,22-23,30H,1,3-4,9-10,15-16H2,(H,26,29,31). The van der Waals surface area contributed by atoms with Crippen LogP contribution in [0.5, 0.6) is 5.75 Å². The predicted octanol–water partition coefficient (Wildman–Crippen LogP) is 4.00. The van der Waals surface area contributed by atoms with E-state index in [2.05, 4.69) is 5.32 Å². The van der Waals surface area contributed by atoms with Gasteiger partial charge in [-0.15, -0.1) is 0 Å². The highest BCUT2D eigenvalue weighted by molar-refractivity contribution is 6.32. The van der Waals surface area contributed by atoms with Crippen molar-refractivity contribution in [3.05, 3.63) is 59.6 Å². The highest BCUT2D eigenvalue weighted by Gasteiger charge is 2.40. The number of nitrogens with zero attached hydrogens (tertiary/aromatic N) is 2. The van der Waals surface area contributed by atoms with Crippen LogP contribution in [0.15, 0.2) is 54.6 Å². The lowest BCUT2D eigenvalue weighted by atomic mass is 9.89. The van der Waals surface area contributed by atoms with Gasteiger partial charge in [-0.2, -0.15) is 0 Å². The maximum Gasteiger partial charge on any atom is 0.326 e. The zero-order valence-electron chi connectivity index (χ0n) is 17.8. The Morgan fingerprint density at radius 1 is 0.969 bits per heavy atom. The van der Waals surface area contributed by atoms with Crippen molar-refractivity contribution < 1.29 is 19.4 Å². The molecule has 2 aliphatic rings. The number of amides is 3. The molecule has 1 aliphatic carbocycles. The lowest BCUT2D eigenvalue weighted by Gasteiger charge is -2.45. The molecule has 4 rings (SSSR count). The molecule has 3 amide bonds. The predicted molar refractivity (Wildman–Crippen MR) is 122 cm³/mol. The third kappa shape index (κ3) is 5.00. The molecule has 2 unspecified atom stereocenters. The largest absolute Gasteiger partial charge is 0.464 e. The summed E-state index contributed by atoms with van der Waals surface area (Å²) < 4.78 is 6.10. The summed E-state index contributed by atoms with van der Waals surface area (Å²) in [4.78, 5) is 28.6. The lowest BCUT2D eigenvalue weighted by Crippen LogP contribution is -2.65. The summed E-state index contributed by atoms with van der Waals surface area (Å²) in [5.41, 5.74) is 0.849. The van der Waals surface area contributed by atoms with E-state index >= 15 is 0 Å². The summed E-state index contributed by atoms with van der Waals surface area (Å²) in [5.74, 6) is -0.0127. The normalized spacial score (nSPS) is 21.8. The van der Waals surface area contributed by atoms with Gasteiger partial charge in [0.05, 0.1) is 5.02 Å². The summed E-state index contributed by atoms with van der Waals surface area (Å²) in [6.07, 6.45) is 2.50. The molecule has 170 valence electrons. The molecule has 32 heavy (non-hydrogen) atoms. The minimum absolute atomic E-state index is 0.148. The van der Waals surface area contributed by atoms with Gasteiger partial charge in [-0.05, 0) is 37.1 Å². The number of aliphatic hydroxyl groups excluding tert-OH is 1. The SMILES string of the molecule is O=C(NC(=O)N1CCN(c2ccccc2)C(Oc2ccccc2Cl)C1O)C1CCCCC1. The fourth-order valence-corrected chi connectivity index (χ4v) is 4.53. The Morgan fingerprint density at radius 3 is 2.38 bits per heavy atom. The van der Waals surface area contributed by atoms with Crippen LogP contribution in [-0.2, 0) is 4.79 Å². The number of ether oxygens (including phenoxy) is 1. The van der Waals surface area contributed by atoms with Crippen LogP contribution in [0.25, 0.3) is 0 Å². The van der Waals surface area contributed by atoms with Crippen LogP contribution < -0.4 is 15.0 Å². The van der Waals surface area contributed by atoms with Gasteiger partial charge >= 0.3 is 6.03 Å². The number of carbonyl (C=O) groups excluding carboxylic acids is 2. The van der Waals surface area contributed by atoms with E-state index in [9.17, 15) is 14.7 Å². The number of anilines is 1. The maximum atomic E-state index is 12.9. The van der Waals surface area contributed by atoms with Crippen molar-refractivity contribution in [1.29, 1.82) is 0 Å². The first kappa shape index (κ1) is 22.4. The van der Waals surface area contributed by atoms with Crippen LogP contribution in [0.2, 0.25) is 5.02 Å². The Labute approximate surface area is 192 Å². The Kier molecular flexibility index (Phi) is 7.17. The molecule has 0 bridgehead atoms. The Balaban J connectivity index is 1.52. The van der Waals surface area contributed by atoms with E-state index in [-0.39, 0.29) is 18.4 Å². The van der Waals surface area contributed by atoms with E-state index < -0.39 is 18.5 Å². The van der Waals surface area contributed by atoms with E-state index in [4.69, 9.17) is 16.3 Å². The minimum atomic E-state index is -1.31. The lowest BCUT2D eigenvalue weighted by molar-refractivity contribution is -0.125. The fraction of sp³-hybridized carbons (Fsp3) is 0.417. The number of rotatable bonds is 4. The fourth-order valence-electron chi connectivity index (χ4n) is 4.35. The van der Waals surface area contributed by atoms with Crippen LogP contribution in [0, 0.1) is 5.92 Å². The van der Waals surface area contributed by atoms with Gasteiger partial charge in [0.25, 0.3) is 0 Å². The van der Waals surface area contributed by atoms with Crippen molar-refractivity contribution in [2.45, 2.75) is 44.6 Å². The van der Waals surface area contributed by atoms with Crippen molar-refractivity contribution >= 4 is 29.2 Å². The second kappa shape index (κ2) is 10.2. The third-order valence-corrected chi connectivity index (χ3v) is 6.41. The van der Waals surface area contributed by atoms with Crippen molar-refractivity contribution in [1.82, 2.24) is 10.2 Å². The molecule has 1 heterocycles. The number of urea groups is 1. The quantitative estimate of drug-likeness (QED) is 0.725. The monoisotopic (exact) mass is 457 g/mol. The number of benzene rings is 2.